The van der Waals surface area contributed by atoms with E-state index in [1.807, 2.05) is 0 Å². The molecule has 100 valence electrons. The van der Waals surface area contributed by atoms with Crippen LogP contribution in [0.15, 0.2) is 12.1 Å². The van der Waals surface area contributed by atoms with Crippen molar-refractivity contribution in [2.75, 3.05) is 0 Å². The molecule has 0 unspecified atom stereocenters. The zero-order chi connectivity index (χ0) is 14.3. The van der Waals surface area contributed by atoms with E-state index in [9.17, 15) is 18.0 Å². The summed E-state index contributed by atoms with van der Waals surface area (Å²) in [4.78, 5) is 10.7. The molecular weight excluding hydrogens is 265 g/mol. The average molecular weight is 272 g/mol. The van der Waals surface area contributed by atoms with E-state index in [1.54, 1.807) is 0 Å². The highest BCUT2D eigenvalue weighted by Crippen LogP contribution is 2.32. The van der Waals surface area contributed by atoms with Crippen LogP contribution in [0.2, 0.25) is 0 Å². The molecule has 1 aromatic heterocycles. The SMILES string of the molecule is Cn1nc(C(=O)O)cc1-c1cc(F)c(F)c(O)c1F. The van der Waals surface area contributed by atoms with Crippen LogP contribution >= 0.6 is 0 Å². The van der Waals surface area contributed by atoms with Gasteiger partial charge in [0, 0.05) is 12.6 Å². The molecule has 8 heteroatoms. The summed E-state index contributed by atoms with van der Waals surface area (Å²) < 4.78 is 40.8. The molecule has 0 fully saturated rings. The first-order valence-electron chi connectivity index (χ1n) is 4.97. The molecule has 1 heterocycles. The molecule has 0 spiro atoms. The topological polar surface area (TPSA) is 75.4 Å². The van der Waals surface area contributed by atoms with Crippen LogP contribution in [0, 0.1) is 17.5 Å². The molecule has 5 nitrogen and oxygen atoms in total. The van der Waals surface area contributed by atoms with Gasteiger partial charge in [-0.05, 0) is 12.1 Å². The molecule has 0 atom stereocenters. The number of nitrogens with zero attached hydrogens (tertiary/aromatic N) is 2. The maximum absolute atomic E-state index is 13.7. The maximum atomic E-state index is 13.7. The van der Waals surface area contributed by atoms with E-state index in [-0.39, 0.29) is 11.4 Å². The van der Waals surface area contributed by atoms with Crippen molar-refractivity contribution in [2.24, 2.45) is 7.05 Å². The highest BCUT2D eigenvalue weighted by atomic mass is 19.2. The molecule has 2 N–H and O–H groups in total. The summed E-state index contributed by atoms with van der Waals surface area (Å²) in [6.07, 6.45) is 0. The van der Waals surface area contributed by atoms with E-state index in [1.165, 1.54) is 7.05 Å². The fourth-order valence-corrected chi connectivity index (χ4v) is 1.60. The molecule has 0 aliphatic heterocycles. The van der Waals surface area contributed by atoms with Gasteiger partial charge in [0.05, 0.1) is 5.69 Å². The van der Waals surface area contributed by atoms with Crippen molar-refractivity contribution in [3.05, 3.63) is 35.3 Å². The minimum Gasteiger partial charge on any atom is -0.503 e. The number of carboxylic acids is 1. The van der Waals surface area contributed by atoms with Crippen molar-refractivity contribution in [2.45, 2.75) is 0 Å². The van der Waals surface area contributed by atoms with Crippen LogP contribution in [-0.2, 0) is 7.05 Å². The molecule has 2 aromatic rings. The summed E-state index contributed by atoms with van der Waals surface area (Å²) in [5.74, 6) is -7.37. The number of carboxylic acid groups (broad SMARTS) is 1. The number of aromatic hydroxyl groups is 1. The number of phenolic OH excluding ortho intramolecular Hbond substituents is 1. The minimum atomic E-state index is -1.71. The summed E-state index contributed by atoms with van der Waals surface area (Å²) in [5.41, 5.74) is -0.982. The van der Waals surface area contributed by atoms with Gasteiger partial charge in [-0.3, -0.25) is 4.68 Å². The highest BCUT2D eigenvalue weighted by molar-refractivity contribution is 5.87. The van der Waals surface area contributed by atoms with Crippen molar-refractivity contribution in [3.63, 3.8) is 0 Å². The zero-order valence-corrected chi connectivity index (χ0v) is 9.49. The van der Waals surface area contributed by atoms with Crippen LogP contribution in [0.25, 0.3) is 11.3 Å². The molecule has 0 aliphatic rings. The Balaban J connectivity index is 2.69. The van der Waals surface area contributed by atoms with E-state index in [2.05, 4.69) is 5.10 Å². The van der Waals surface area contributed by atoms with Gasteiger partial charge in [0.25, 0.3) is 0 Å². The summed E-state index contributed by atoms with van der Waals surface area (Å²) in [6.45, 7) is 0. The van der Waals surface area contributed by atoms with Gasteiger partial charge in [-0.2, -0.15) is 9.49 Å². The number of carbonyl (C=O) groups is 1. The van der Waals surface area contributed by atoms with Gasteiger partial charge in [0.15, 0.2) is 23.1 Å². The van der Waals surface area contributed by atoms with Crippen molar-refractivity contribution < 1.29 is 28.2 Å². The standard InChI is InChI=1S/C11H7F3N2O3/c1-16-7(3-6(15-16)11(18)19)4-2-5(12)9(14)10(17)8(4)13/h2-3,17H,1H3,(H,18,19). The number of hydrogen-bond donors (Lipinski definition) is 2. The van der Waals surface area contributed by atoms with Gasteiger partial charge in [0.1, 0.15) is 0 Å². The predicted molar refractivity (Wildman–Crippen MR) is 57.1 cm³/mol. The van der Waals surface area contributed by atoms with Crippen LogP contribution < -0.4 is 0 Å². The van der Waals surface area contributed by atoms with Crippen LogP contribution in [0.1, 0.15) is 10.5 Å². The van der Waals surface area contributed by atoms with Gasteiger partial charge in [-0.1, -0.05) is 0 Å². The molecular formula is C11H7F3N2O3. The first-order chi connectivity index (χ1) is 8.82. The summed E-state index contributed by atoms with van der Waals surface area (Å²) >= 11 is 0. The summed E-state index contributed by atoms with van der Waals surface area (Å²) in [7, 11) is 1.31. The van der Waals surface area contributed by atoms with E-state index >= 15 is 0 Å². The largest absolute Gasteiger partial charge is 0.503 e. The lowest BCUT2D eigenvalue weighted by atomic mass is 10.1. The van der Waals surface area contributed by atoms with Crippen molar-refractivity contribution >= 4 is 5.97 Å². The van der Waals surface area contributed by atoms with Gasteiger partial charge in [-0.25, -0.2) is 13.6 Å². The monoisotopic (exact) mass is 272 g/mol. The average Bonchev–Trinajstić information content (AvgIpc) is 2.73. The number of aromatic carboxylic acids is 1. The Morgan fingerprint density at radius 2 is 1.89 bits per heavy atom. The molecule has 0 saturated heterocycles. The van der Waals surface area contributed by atoms with E-state index in [0.717, 1.165) is 10.7 Å². The molecule has 0 aliphatic carbocycles. The first kappa shape index (κ1) is 12.9. The third kappa shape index (κ3) is 2.01. The van der Waals surface area contributed by atoms with E-state index < -0.39 is 34.7 Å². The zero-order valence-electron chi connectivity index (χ0n) is 9.49. The predicted octanol–water partition coefficient (Wildman–Crippen LogP) is 1.91. The van der Waals surface area contributed by atoms with Gasteiger partial charge >= 0.3 is 5.97 Å². The number of hydrogen-bond acceptors (Lipinski definition) is 3. The Kier molecular flexibility index (Phi) is 2.93. The van der Waals surface area contributed by atoms with Crippen LogP contribution in [0.3, 0.4) is 0 Å². The van der Waals surface area contributed by atoms with Crippen molar-refractivity contribution in [3.8, 4) is 17.0 Å². The van der Waals surface area contributed by atoms with Crippen molar-refractivity contribution in [1.82, 2.24) is 9.78 Å². The number of aryl methyl sites for hydroxylation is 1. The summed E-state index contributed by atoms with van der Waals surface area (Å²) in [5, 5.41) is 21.4. The molecule has 19 heavy (non-hydrogen) atoms. The second-order valence-corrected chi connectivity index (χ2v) is 3.73. The van der Waals surface area contributed by atoms with Gasteiger partial charge < -0.3 is 10.2 Å². The Morgan fingerprint density at radius 1 is 1.26 bits per heavy atom. The molecule has 0 radical (unpaired) electrons. The number of aromatic nitrogens is 2. The van der Waals surface area contributed by atoms with Crippen LogP contribution in [-0.4, -0.2) is 26.0 Å². The smallest absolute Gasteiger partial charge is 0.356 e. The van der Waals surface area contributed by atoms with E-state index in [4.69, 9.17) is 10.2 Å². The third-order valence-electron chi connectivity index (χ3n) is 2.51. The highest BCUT2D eigenvalue weighted by Gasteiger charge is 2.22. The quantitative estimate of drug-likeness (QED) is 0.819. The number of halogens is 3. The first-order valence-corrected chi connectivity index (χ1v) is 4.97. The molecule has 0 bridgehead atoms. The number of rotatable bonds is 2. The maximum Gasteiger partial charge on any atom is 0.356 e. The van der Waals surface area contributed by atoms with Gasteiger partial charge in [0.2, 0.25) is 5.82 Å². The number of benzene rings is 1. The molecule has 2 rings (SSSR count). The second-order valence-electron chi connectivity index (χ2n) is 3.73. The fraction of sp³-hybridized carbons (Fsp3) is 0.0909. The number of phenols is 1. The molecule has 0 saturated carbocycles. The second kappa shape index (κ2) is 4.30. The van der Waals surface area contributed by atoms with Crippen LogP contribution in [0.5, 0.6) is 5.75 Å². The Hall–Kier alpha value is -2.51. The lowest BCUT2D eigenvalue weighted by Gasteiger charge is -2.06. The Morgan fingerprint density at radius 3 is 2.42 bits per heavy atom. The Labute approximate surface area is 104 Å². The minimum absolute atomic E-state index is 0.107. The summed E-state index contributed by atoms with van der Waals surface area (Å²) in [6, 6.07) is 1.50. The van der Waals surface area contributed by atoms with Crippen molar-refractivity contribution in [1.29, 1.82) is 0 Å². The molecule has 1 aromatic carbocycles. The van der Waals surface area contributed by atoms with Gasteiger partial charge in [-0.15, -0.1) is 0 Å². The Bertz CT molecular complexity index is 682. The fourth-order valence-electron chi connectivity index (χ4n) is 1.60. The molecule has 0 amide bonds. The normalized spacial score (nSPS) is 10.7. The third-order valence-corrected chi connectivity index (χ3v) is 2.51. The lowest BCUT2D eigenvalue weighted by molar-refractivity contribution is 0.0689. The lowest BCUT2D eigenvalue weighted by Crippen LogP contribution is -2.00. The van der Waals surface area contributed by atoms with E-state index in [0.29, 0.717) is 6.07 Å². The van der Waals surface area contributed by atoms with Crippen LogP contribution in [0.4, 0.5) is 13.2 Å².